The zero-order valence-corrected chi connectivity index (χ0v) is 10.2. The number of ether oxygens (including phenoxy) is 1. The first-order valence-electron chi connectivity index (χ1n) is 5.58. The number of carbonyl (C=O) groups is 1. The predicted molar refractivity (Wildman–Crippen MR) is 63.5 cm³/mol. The van der Waals surface area contributed by atoms with Crippen molar-refractivity contribution in [3.63, 3.8) is 0 Å². The molecule has 1 amide bonds. The van der Waals surface area contributed by atoms with Crippen molar-refractivity contribution in [1.29, 1.82) is 0 Å². The molecule has 0 aliphatic heterocycles. The molecule has 3 N–H and O–H groups in total. The Morgan fingerprint density at radius 2 is 2.05 bits per heavy atom. The zero-order valence-electron chi connectivity index (χ0n) is 10.2. The summed E-state index contributed by atoms with van der Waals surface area (Å²) in [6.45, 7) is 0.360. The van der Waals surface area contributed by atoms with Gasteiger partial charge in [0.25, 0.3) is 5.91 Å². The van der Waals surface area contributed by atoms with Crippen LogP contribution in [0.2, 0.25) is 0 Å². The zero-order chi connectivity index (χ0) is 14.5. The number of halogens is 2. The molecule has 2 rings (SSSR count). The second kappa shape index (κ2) is 6.06. The highest BCUT2D eigenvalue weighted by atomic mass is 19.1. The van der Waals surface area contributed by atoms with Gasteiger partial charge in [0.1, 0.15) is 24.0 Å². The lowest BCUT2D eigenvalue weighted by atomic mass is 10.3. The highest BCUT2D eigenvalue weighted by Gasteiger charge is 2.08. The van der Waals surface area contributed by atoms with Crippen molar-refractivity contribution in [3.8, 4) is 5.75 Å². The molecule has 0 atom stereocenters. The maximum absolute atomic E-state index is 12.9. The number of nitrogens with one attached hydrogen (secondary N) is 1. The molecule has 0 saturated carbocycles. The lowest BCUT2D eigenvalue weighted by molar-refractivity contribution is 0.0948. The van der Waals surface area contributed by atoms with E-state index in [-0.39, 0.29) is 24.6 Å². The Bertz CT molecular complexity index is 596. The van der Waals surface area contributed by atoms with Gasteiger partial charge in [0.05, 0.1) is 12.7 Å². The maximum atomic E-state index is 12.9. The van der Waals surface area contributed by atoms with Gasteiger partial charge in [0, 0.05) is 18.2 Å². The average molecular weight is 283 g/mol. The number of rotatable bonds is 5. The number of nitrogens with zero attached hydrogens (tertiary/aromatic N) is 3. The SMILES string of the molecule is NNC(=O)c1cn(CCOc2cc(F)cc(F)c2)nn1. The third-order valence-corrected chi connectivity index (χ3v) is 2.33. The largest absolute Gasteiger partial charge is 0.491 e. The van der Waals surface area contributed by atoms with Gasteiger partial charge in [0.2, 0.25) is 0 Å². The molecule has 0 radical (unpaired) electrons. The number of nitrogen functional groups attached to an aromatic ring is 1. The standard InChI is InChI=1S/C11H11F2N5O2/c12-7-3-8(13)5-9(4-7)20-2-1-18-6-10(16-17-18)11(19)15-14/h3-6H,1-2,14H2,(H,15,19). The lowest BCUT2D eigenvalue weighted by Gasteiger charge is -2.06. The van der Waals surface area contributed by atoms with Crippen LogP contribution in [0.3, 0.4) is 0 Å². The summed E-state index contributed by atoms with van der Waals surface area (Å²) in [4.78, 5) is 11.1. The molecule has 0 spiro atoms. The van der Waals surface area contributed by atoms with Crippen LogP contribution in [-0.4, -0.2) is 27.5 Å². The summed E-state index contributed by atoms with van der Waals surface area (Å²) < 4.78 is 32.3. The molecule has 106 valence electrons. The van der Waals surface area contributed by atoms with Crippen LogP contribution >= 0.6 is 0 Å². The van der Waals surface area contributed by atoms with Crippen molar-refractivity contribution >= 4 is 5.91 Å². The van der Waals surface area contributed by atoms with E-state index >= 15 is 0 Å². The topological polar surface area (TPSA) is 95.1 Å². The van der Waals surface area contributed by atoms with Crippen LogP contribution in [0.5, 0.6) is 5.75 Å². The van der Waals surface area contributed by atoms with Crippen LogP contribution in [0, 0.1) is 11.6 Å². The van der Waals surface area contributed by atoms with Crippen LogP contribution in [0.1, 0.15) is 10.5 Å². The molecule has 9 heteroatoms. The summed E-state index contributed by atoms with van der Waals surface area (Å²) in [6.07, 6.45) is 1.37. The van der Waals surface area contributed by atoms with E-state index in [1.165, 1.54) is 10.9 Å². The summed E-state index contributed by atoms with van der Waals surface area (Å²) in [6, 6.07) is 2.89. The minimum Gasteiger partial charge on any atom is -0.491 e. The van der Waals surface area contributed by atoms with E-state index in [1.807, 2.05) is 5.43 Å². The molecular formula is C11H11F2N5O2. The average Bonchev–Trinajstić information content (AvgIpc) is 2.85. The Balaban J connectivity index is 1.89. The van der Waals surface area contributed by atoms with Gasteiger partial charge >= 0.3 is 0 Å². The quantitative estimate of drug-likeness (QED) is 0.465. The minimum atomic E-state index is -0.720. The van der Waals surface area contributed by atoms with Crippen molar-refractivity contribution in [3.05, 3.63) is 41.7 Å². The molecular weight excluding hydrogens is 272 g/mol. The molecule has 7 nitrogen and oxygen atoms in total. The first kappa shape index (κ1) is 13.9. The maximum Gasteiger partial charge on any atom is 0.287 e. The lowest BCUT2D eigenvalue weighted by Crippen LogP contribution is -2.30. The van der Waals surface area contributed by atoms with E-state index in [9.17, 15) is 13.6 Å². The van der Waals surface area contributed by atoms with Gasteiger partial charge < -0.3 is 4.74 Å². The van der Waals surface area contributed by atoms with Crippen molar-refractivity contribution in [2.45, 2.75) is 6.54 Å². The number of carbonyl (C=O) groups excluding carboxylic acids is 1. The molecule has 20 heavy (non-hydrogen) atoms. The molecule has 0 saturated heterocycles. The van der Waals surface area contributed by atoms with Crippen molar-refractivity contribution < 1.29 is 18.3 Å². The van der Waals surface area contributed by atoms with Gasteiger partial charge in [-0.2, -0.15) is 0 Å². The fourth-order valence-electron chi connectivity index (χ4n) is 1.45. The van der Waals surface area contributed by atoms with E-state index in [0.717, 1.165) is 18.2 Å². The van der Waals surface area contributed by atoms with Gasteiger partial charge in [-0.3, -0.25) is 10.2 Å². The Kier molecular flexibility index (Phi) is 4.20. The third-order valence-electron chi connectivity index (χ3n) is 2.33. The van der Waals surface area contributed by atoms with Gasteiger partial charge in [-0.1, -0.05) is 5.21 Å². The second-order valence-electron chi connectivity index (χ2n) is 3.79. The summed E-state index contributed by atoms with van der Waals surface area (Å²) in [7, 11) is 0. The monoisotopic (exact) mass is 283 g/mol. The second-order valence-corrected chi connectivity index (χ2v) is 3.79. The number of hydrazine groups is 1. The number of hydrogen-bond acceptors (Lipinski definition) is 5. The Labute approximate surface area is 112 Å². The summed E-state index contributed by atoms with van der Waals surface area (Å²) in [5.41, 5.74) is 1.98. The highest BCUT2D eigenvalue weighted by Crippen LogP contribution is 2.15. The van der Waals surface area contributed by atoms with Crippen LogP contribution in [-0.2, 0) is 6.54 Å². The molecule has 2 aromatic rings. The molecule has 1 heterocycles. The summed E-state index contributed by atoms with van der Waals surface area (Å²) in [5.74, 6) is 3.01. The Morgan fingerprint density at radius 3 is 2.70 bits per heavy atom. The molecule has 1 aromatic carbocycles. The van der Waals surface area contributed by atoms with Crippen LogP contribution in [0.15, 0.2) is 24.4 Å². The third kappa shape index (κ3) is 3.48. The number of nitrogens with two attached hydrogens (primary N) is 1. The fourth-order valence-corrected chi connectivity index (χ4v) is 1.45. The molecule has 0 unspecified atom stereocenters. The van der Waals surface area contributed by atoms with Crippen molar-refractivity contribution in [2.24, 2.45) is 5.84 Å². The van der Waals surface area contributed by atoms with E-state index in [4.69, 9.17) is 10.6 Å². The van der Waals surface area contributed by atoms with Crippen LogP contribution in [0.25, 0.3) is 0 Å². The molecule has 1 aromatic heterocycles. The van der Waals surface area contributed by atoms with Gasteiger partial charge in [0.15, 0.2) is 5.69 Å². The number of benzene rings is 1. The van der Waals surface area contributed by atoms with Gasteiger partial charge in [-0.05, 0) is 0 Å². The van der Waals surface area contributed by atoms with Gasteiger partial charge in [-0.15, -0.1) is 5.10 Å². The minimum absolute atomic E-state index is 0.0595. The fraction of sp³-hybridized carbons (Fsp3) is 0.182. The van der Waals surface area contributed by atoms with E-state index in [0.29, 0.717) is 0 Å². The van der Waals surface area contributed by atoms with Crippen molar-refractivity contribution in [1.82, 2.24) is 20.4 Å². The van der Waals surface area contributed by atoms with Crippen LogP contribution < -0.4 is 16.0 Å². The number of amides is 1. The first-order chi connectivity index (χ1) is 9.58. The highest BCUT2D eigenvalue weighted by molar-refractivity contribution is 5.91. The summed E-state index contributed by atoms with van der Waals surface area (Å²) in [5, 5.41) is 7.26. The Hall–Kier alpha value is -2.55. The van der Waals surface area contributed by atoms with E-state index in [2.05, 4.69) is 10.3 Å². The number of hydrogen-bond donors (Lipinski definition) is 2. The molecule has 0 fully saturated rings. The van der Waals surface area contributed by atoms with Gasteiger partial charge in [-0.25, -0.2) is 19.3 Å². The van der Waals surface area contributed by atoms with Crippen molar-refractivity contribution in [2.75, 3.05) is 6.61 Å². The normalized spacial score (nSPS) is 10.3. The van der Waals surface area contributed by atoms with E-state index in [1.54, 1.807) is 0 Å². The molecule has 0 aliphatic rings. The Morgan fingerprint density at radius 1 is 1.35 bits per heavy atom. The smallest absolute Gasteiger partial charge is 0.287 e. The predicted octanol–water partition coefficient (Wildman–Crippen LogP) is 0.239. The molecule has 0 aliphatic carbocycles. The first-order valence-corrected chi connectivity index (χ1v) is 5.58. The molecule has 0 bridgehead atoms. The van der Waals surface area contributed by atoms with E-state index < -0.39 is 17.5 Å². The summed E-state index contributed by atoms with van der Waals surface area (Å²) >= 11 is 0. The number of aromatic nitrogens is 3. The van der Waals surface area contributed by atoms with Crippen LogP contribution in [0.4, 0.5) is 8.78 Å².